The number of halogens is 3. The molecule has 1 aliphatic rings. The third-order valence-corrected chi connectivity index (χ3v) is 6.13. The van der Waals surface area contributed by atoms with Crippen LogP contribution in [0.1, 0.15) is 25.1 Å². The molecule has 0 saturated heterocycles. The largest absolute Gasteiger partial charge is 1.00 e. The van der Waals surface area contributed by atoms with Crippen molar-refractivity contribution in [2.45, 2.75) is 42.9 Å². The van der Waals surface area contributed by atoms with Gasteiger partial charge in [-0.25, -0.2) is 4.57 Å². The summed E-state index contributed by atoms with van der Waals surface area (Å²) in [4.78, 5) is 0.562. The maximum absolute atomic E-state index is 12.7. The van der Waals surface area contributed by atoms with E-state index in [4.69, 9.17) is 9.47 Å². The Hall–Kier alpha value is -2.06. The highest BCUT2D eigenvalue weighted by Gasteiger charge is 2.27. The number of hydrogen-bond acceptors (Lipinski definition) is 3. The second kappa shape index (κ2) is 10.5. The fourth-order valence-corrected chi connectivity index (χ4v) is 4.50. The van der Waals surface area contributed by atoms with E-state index in [-0.39, 0.29) is 17.0 Å². The van der Waals surface area contributed by atoms with Crippen LogP contribution in [0.3, 0.4) is 0 Å². The Balaban J connectivity index is 0.00000272. The van der Waals surface area contributed by atoms with Crippen molar-refractivity contribution in [1.29, 1.82) is 0 Å². The Morgan fingerprint density at radius 1 is 0.968 bits per heavy atom. The van der Waals surface area contributed by atoms with E-state index in [0.29, 0.717) is 28.2 Å². The molecule has 2 aromatic carbocycles. The van der Waals surface area contributed by atoms with Gasteiger partial charge in [-0.1, -0.05) is 11.8 Å². The molecule has 1 aliphatic heterocycles. The number of imidazole rings is 1. The monoisotopic (exact) mass is 510 g/mol. The van der Waals surface area contributed by atoms with E-state index in [9.17, 15) is 8.78 Å². The average molecular weight is 511 g/mol. The SMILES string of the molecule is COc1ccc(-c2c[n+]3c(n2-c2ccc(SC(F)F)cc2)CCCCC3)cc1OC.[Br-]. The summed E-state index contributed by atoms with van der Waals surface area (Å²) < 4.78 is 40.9. The van der Waals surface area contributed by atoms with Crippen LogP contribution < -0.4 is 31.0 Å². The van der Waals surface area contributed by atoms with Gasteiger partial charge in [0.25, 0.3) is 11.6 Å². The van der Waals surface area contributed by atoms with Crippen molar-refractivity contribution in [1.82, 2.24) is 4.57 Å². The van der Waals surface area contributed by atoms with E-state index < -0.39 is 5.76 Å². The molecule has 4 nitrogen and oxygen atoms in total. The molecule has 0 N–H and O–H groups in total. The highest BCUT2D eigenvalue weighted by atomic mass is 79.9. The van der Waals surface area contributed by atoms with Crippen molar-refractivity contribution < 1.29 is 39.8 Å². The van der Waals surface area contributed by atoms with Crippen molar-refractivity contribution >= 4 is 11.8 Å². The first-order chi connectivity index (χ1) is 14.6. The number of hydrogen-bond donors (Lipinski definition) is 0. The van der Waals surface area contributed by atoms with E-state index in [1.165, 1.54) is 12.2 Å². The van der Waals surface area contributed by atoms with Gasteiger partial charge in [0.05, 0.1) is 20.8 Å². The third-order valence-electron chi connectivity index (χ3n) is 5.41. The Morgan fingerprint density at radius 2 is 1.71 bits per heavy atom. The standard InChI is InChI=1S/C23H25F2N2O2S.BrH/c1-28-20-12-7-16(14-21(20)29-2)19-15-26-13-5-3-4-6-22(26)27(19)17-8-10-18(11-9-17)30-23(24)25;/h7-12,14-15,23H,3-6,13H2,1-2H3;1H/q+1;/p-1. The molecular formula is C23H25BrF2N2O2S. The van der Waals surface area contributed by atoms with Crippen LogP contribution in [0.25, 0.3) is 16.9 Å². The van der Waals surface area contributed by atoms with Gasteiger partial charge in [0.1, 0.15) is 11.9 Å². The fourth-order valence-electron chi connectivity index (χ4n) is 4.00. The number of benzene rings is 2. The molecule has 0 atom stereocenters. The molecule has 0 bridgehead atoms. The molecule has 0 radical (unpaired) electrons. The van der Waals surface area contributed by atoms with Crippen LogP contribution in [0.15, 0.2) is 53.6 Å². The number of alkyl halides is 2. The molecule has 0 fully saturated rings. The molecule has 0 spiro atoms. The normalized spacial score (nSPS) is 13.3. The van der Waals surface area contributed by atoms with Crippen LogP contribution in [-0.2, 0) is 13.0 Å². The first-order valence-electron chi connectivity index (χ1n) is 10.0. The quantitative estimate of drug-likeness (QED) is 0.376. The lowest BCUT2D eigenvalue weighted by Crippen LogP contribution is -3.00. The lowest BCUT2D eigenvalue weighted by atomic mass is 10.1. The van der Waals surface area contributed by atoms with Crippen molar-refractivity contribution in [3.63, 3.8) is 0 Å². The van der Waals surface area contributed by atoms with Crippen LogP contribution >= 0.6 is 11.8 Å². The van der Waals surface area contributed by atoms with Crippen molar-refractivity contribution in [2.24, 2.45) is 0 Å². The van der Waals surface area contributed by atoms with Gasteiger partial charge < -0.3 is 26.5 Å². The number of nitrogens with zero attached hydrogens (tertiary/aromatic N) is 2. The van der Waals surface area contributed by atoms with Gasteiger partial charge in [-0.2, -0.15) is 13.3 Å². The van der Waals surface area contributed by atoms with Gasteiger partial charge in [0.15, 0.2) is 17.2 Å². The molecular weight excluding hydrogens is 486 g/mol. The number of ether oxygens (including phenoxy) is 2. The third kappa shape index (κ3) is 5.06. The lowest BCUT2D eigenvalue weighted by molar-refractivity contribution is -0.702. The molecule has 0 amide bonds. The van der Waals surface area contributed by atoms with Gasteiger partial charge in [-0.15, -0.1) is 0 Å². The summed E-state index contributed by atoms with van der Waals surface area (Å²) in [5.41, 5.74) is 3.02. The topological polar surface area (TPSA) is 27.3 Å². The molecule has 3 aromatic rings. The van der Waals surface area contributed by atoms with E-state index in [2.05, 4.69) is 15.3 Å². The highest BCUT2D eigenvalue weighted by Crippen LogP contribution is 2.34. The number of thioether (sulfide) groups is 1. The second-order valence-electron chi connectivity index (χ2n) is 7.21. The molecule has 0 aliphatic carbocycles. The van der Waals surface area contributed by atoms with Crippen LogP contribution in [0.4, 0.5) is 8.78 Å². The number of rotatable bonds is 6. The first kappa shape index (κ1) is 23.6. The zero-order valence-electron chi connectivity index (χ0n) is 17.5. The molecule has 0 unspecified atom stereocenters. The summed E-state index contributed by atoms with van der Waals surface area (Å²) in [6.07, 6.45) is 6.65. The zero-order valence-corrected chi connectivity index (χ0v) is 19.9. The molecule has 166 valence electrons. The van der Waals surface area contributed by atoms with Crippen molar-refractivity contribution in [3.05, 3.63) is 54.5 Å². The second-order valence-corrected chi connectivity index (χ2v) is 8.28. The van der Waals surface area contributed by atoms with Crippen molar-refractivity contribution in [3.8, 4) is 28.4 Å². The minimum Gasteiger partial charge on any atom is -1.00 e. The summed E-state index contributed by atoms with van der Waals surface area (Å²) >= 11 is 0.568. The van der Waals surface area contributed by atoms with E-state index in [1.54, 1.807) is 26.4 Å². The van der Waals surface area contributed by atoms with Crippen LogP contribution in [0, 0.1) is 0 Å². The maximum Gasteiger partial charge on any atom is 0.288 e. The van der Waals surface area contributed by atoms with Crippen LogP contribution in [0.2, 0.25) is 0 Å². The molecule has 8 heteroatoms. The molecule has 2 heterocycles. The van der Waals surface area contributed by atoms with Gasteiger partial charge >= 0.3 is 0 Å². The number of aromatic nitrogens is 2. The Labute approximate surface area is 196 Å². The van der Waals surface area contributed by atoms with E-state index >= 15 is 0 Å². The van der Waals surface area contributed by atoms with E-state index in [1.807, 2.05) is 30.3 Å². The average Bonchev–Trinajstić information content (AvgIpc) is 2.95. The van der Waals surface area contributed by atoms with Gasteiger partial charge in [0, 0.05) is 16.9 Å². The minimum absolute atomic E-state index is 0. The lowest BCUT2D eigenvalue weighted by Gasteiger charge is -2.10. The maximum atomic E-state index is 12.7. The zero-order chi connectivity index (χ0) is 21.1. The smallest absolute Gasteiger partial charge is 0.288 e. The summed E-state index contributed by atoms with van der Waals surface area (Å²) in [7, 11) is 3.25. The van der Waals surface area contributed by atoms with Gasteiger partial charge in [-0.05, 0) is 61.7 Å². The summed E-state index contributed by atoms with van der Waals surface area (Å²) in [6, 6.07) is 13.3. The van der Waals surface area contributed by atoms with Crippen LogP contribution in [-0.4, -0.2) is 24.5 Å². The molecule has 0 saturated carbocycles. The van der Waals surface area contributed by atoms with Crippen molar-refractivity contribution in [2.75, 3.05) is 14.2 Å². The molecule has 4 rings (SSSR count). The Kier molecular flexibility index (Phi) is 8.00. The molecule has 1 aromatic heterocycles. The number of fused-ring (bicyclic) bond motifs is 1. The van der Waals surface area contributed by atoms with Gasteiger partial charge in [-0.3, -0.25) is 0 Å². The number of aryl methyl sites for hydroxylation is 1. The van der Waals surface area contributed by atoms with Gasteiger partial charge in [0.2, 0.25) is 0 Å². The number of methoxy groups -OCH3 is 2. The van der Waals surface area contributed by atoms with E-state index in [0.717, 1.165) is 42.8 Å². The minimum atomic E-state index is -2.42. The highest BCUT2D eigenvalue weighted by molar-refractivity contribution is 7.99. The molecule has 31 heavy (non-hydrogen) atoms. The Bertz CT molecular complexity index is 1030. The Morgan fingerprint density at radius 3 is 2.39 bits per heavy atom. The predicted octanol–water partition coefficient (Wildman–Crippen LogP) is 2.49. The predicted molar refractivity (Wildman–Crippen MR) is 114 cm³/mol. The summed E-state index contributed by atoms with van der Waals surface area (Å²) in [5.74, 6) is 0.164. The summed E-state index contributed by atoms with van der Waals surface area (Å²) in [5, 5.41) is 0. The van der Waals surface area contributed by atoms with Crippen LogP contribution in [0.5, 0.6) is 11.5 Å². The fraction of sp³-hybridized carbons (Fsp3) is 0.348. The summed E-state index contributed by atoms with van der Waals surface area (Å²) in [6.45, 7) is 0.974. The first-order valence-corrected chi connectivity index (χ1v) is 10.9.